The van der Waals surface area contributed by atoms with Gasteiger partial charge in [-0.15, -0.1) is 0 Å². The molecule has 2 atom stereocenters. The van der Waals surface area contributed by atoms with E-state index in [0.29, 0.717) is 26.1 Å². The van der Waals surface area contributed by atoms with Gasteiger partial charge in [0.25, 0.3) is 0 Å². The van der Waals surface area contributed by atoms with Crippen LogP contribution in [0.4, 0.5) is 0 Å². The van der Waals surface area contributed by atoms with Crippen LogP contribution in [-0.4, -0.2) is 61.0 Å². The van der Waals surface area contributed by atoms with Crippen LogP contribution in [0.3, 0.4) is 0 Å². The van der Waals surface area contributed by atoms with Gasteiger partial charge in [-0.1, -0.05) is 130 Å². The summed E-state index contributed by atoms with van der Waals surface area (Å²) in [7, 11) is 1.04. The summed E-state index contributed by atoms with van der Waals surface area (Å²) in [5.74, 6) is 0.782. The van der Waals surface area contributed by atoms with Crippen LogP contribution >= 0.6 is 0 Å². The summed E-state index contributed by atoms with van der Waals surface area (Å²) in [6.45, 7) is 7.72. The van der Waals surface area contributed by atoms with E-state index in [1.54, 1.807) is 14.2 Å². The second kappa shape index (κ2) is 21.6. The number of hydrogen-bond donors (Lipinski definition) is 0. The van der Waals surface area contributed by atoms with Crippen molar-refractivity contribution in [3.63, 3.8) is 0 Å². The second-order valence-corrected chi connectivity index (χ2v) is 17.6. The molecule has 0 unspecified atom stereocenters. The van der Waals surface area contributed by atoms with E-state index in [9.17, 15) is 4.79 Å². The Balaban J connectivity index is 1.86. The molecule has 0 radical (unpaired) electrons. The first-order chi connectivity index (χ1) is 25.5. The molecule has 0 aliphatic heterocycles. The molecule has 0 fully saturated rings. The van der Waals surface area contributed by atoms with Crippen molar-refractivity contribution in [1.29, 1.82) is 0 Å². The van der Waals surface area contributed by atoms with Crippen molar-refractivity contribution in [3.8, 4) is 5.75 Å². The Morgan fingerprint density at radius 1 is 0.750 bits per heavy atom. The van der Waals surface area contributed by atoms with Crippen LogP contribution in [0, 0.1) is 0 Å². The largest absolute Gasteiger partial charge is 0.497 e. The first-order valence-electron chi connectivity index (χ1n) is 18.4. The minimum absolute atomic E-state index is 0.143. The van der Waals surface area contributed by atoms with Gasteiger partial charge in [0.2, 0.25) is 0 Å². The zero-order valence-corrected chi connectivity index (χ0v) is 32.5. The SMILES string of the molecule is CC[Si](CC)(CC)O[C@@H](COC(c1ccccc1)(c1ccccc1)c1ccccc1)[C@H](/C=C(\CCC=O)COCOC)OCc1ccc(OC)cc1. The maximum atomic E-state index is 11.6. The van der Waals surface area contributed by atoms with E-state index in [0.717, 1.165) is 58.0 Å². The second-order valence-electron chi connectivity index (χ2n) is 12.9. The van der Waals surface area contributed by atoms with Crippen LogP contribution in [0.5, 0.6) is 5.75 Å². The predicted molar refractivity (Wildman–Crippen MR) is 210 cm³/mol. The molecular formula is C44H56O7Si. The fraction of sp³-hybridized carbons (Fsp3) is 0.386. The van der Waals surface area contributed by atoms with Gasteiger partial charge in [0.1, 0.15) is 30.5 Å². The third kappa shape index (κ3) is 11.1. The minimum Gasteiger partial charge on any atom is -0.497 e. The van der Waals surface area contributed by atoms with Crippen LogP contribution in [-0.2, 0) is 40.4 Å². The zero-order chi connectivity index (χ0) is 37.1. The topological polar surface area (TPSA) is 72.5 Å². The summed E-state index contributed by atoms with van der Waals surface area (Å²) in [6, 6.07) is 41.9. The molecule has 7 nitrogen and oxygen atoms in total. The Morgan fingerprint density at radius 2 is 1.29 bits per heavy atom. The summed E-state index contributed by atoms with van der Waals surface area (Å²) >= 11 is 0. The molecule has 4 aromatic rings. The summed E-state index contributed by atoms with van der Waals surface area (Å²) in [4.78, 5) is 11.6. The lowest BCUT2D eigenvalue weighted by molar-refractivity contribution is -0.107. The number of methoxy groups -OCH3 is 2. The quantitative estimate of drug-likeness (QED) is 0.0178. The Labute approximate surface area is 312 Å². The van der Waals surface area contributed by atoms with Crippen molar-refractivity contribution in [2.45, 2.75) is 76.2 Å². The van der Waals surface area contributed by atoms with E-state index in [-0.39, 0.29) is 13.4 Å². The average molecular weight is 725 g/mol. The normalized spacial score (nSPS) is 13.4. The van der Waals surface area contributed by atoms with Gasteiger partial charge in [0.15, 0.2) is 8.32 Å². The summed E-state index contributed by atoms with van der Waals surface area (Å²) in [5, 5.41) is 0. The molecule has 0 aromatic heterocycles. The van der Waals surface area contributed by atoms with Crippen LogP contribution in [0.2, 0.25) is 18.1 Å². The molecule has 8 heteroatoms. The van der Waals surface area contributed by atoms with Gasteiger partial charge in [0, 0.05) is 13.5 Å². The van der Waals surface area contributed by atoms with Crippen molar-refractivity contribution < 1.29 is 32.9 Å². The molecule has 0 N–H and O–H groups in total. The number of carbonyl (C=O) groups is 1. The third-order valence-electron chi connectivity index (χ3n) is 9.78. The minimum atomic E-state index is -2.22. The van der Waals surface area contributed by atoms with Gasteiger partial charge in [-0.2, -0.15) is 0 Å². The van der Waals surface area contributed by atoms with Gasteiger partial charge in [-0.05, 0) is 64.5 Å². The standard InChI is InChI=1S/C44H56O7Si/c1-6-52(7-2,8-3)51-43(42(31-37(19-18-30-45)32-48-35-46-4)49-33-36-26-28-41(47-5)29-27-36)34-50-44(38-20-12-9-13-21-38,39-22-14-10-15-23-39)40-24-16-11-17-25-40/h9-17,20-31,42-43H,6-8,18-19,32-35H2,1-5H3/b37-31+/t42-,43-/m0/s1. The first kappa shape index (κ1) is 40.9. The van der Waals surface area contributed by atoms with Gasteiger partial charge >= 0.3 is 0 Å². The Bertz CT molecular complexity index is 1490. The summed E-state index contributed by atoms with van der Waals surface area (Å²) in [6.07, 6.45) is 2.92. The van der Waals surface area contributed by atoms with Gasteiger partial charge in [-0.25, -0.2) is 0 Å². The maximum Gasteiger partial charge on any atom is 0.192 e. The number of rotatable bonds is 24. The van der Waals surface area contributed by atoms with Crippen LogP contribution in [0.25, 0.3) is 0 Å². The molecule has 0 heterocycles. The molecule has 0 aliphatic rings. The van der Waals surface area contributed by atoms with E-state index < -0.39 is 26.1 Å². The zero-order valence-electron chi connectivity index (χ0n) is 31.5. The molecule has 0 saturated carbocycles. The van der Waals surface area contributed by atoms with Crippen molar-refractivity contribution in [2.24, 2.45) is 0 Å². The van der Waals surface area contributed by atoms with Crippen molar-refractivity contribution in [3.05, 3.63) is 149 Å². The highest BCUT2D eigenvalue weighted by molar-refractivity contribution is 6.73. The first-order valence-corrected chi connectivity index (χ1v) is 20.9. The van der Waals surface area contributed by atoms with Crippen molar-refractivity contribution in [1.82, 2.24) is 0 Å². The molecule has 0 amide bonds. The highest BCUT2D eigenvalue weighted by atomic mass is 28.4. The van der Waals surface area contributed by atoms with Crippen molar-refractivity contribution >= 4 is 14.6 Å². The number of benzene rings is 4. The van der Waals surface area contributed by atoms with E-state index in [1.165, 1.54) is 0 Å². The van der Waals surface area contributed by atoms with E-state index in [4.69, 9.17) is 28.1 Å². The highest BCUT2D eigenvalue weighted by Crippen LogP contribution is 2.41. The Morgan fingerprint density at radius 3 is 1.75 bits per heavy atom. The molecule has 0 spiro atoms. The molecule has 278 valence electrons. The van der Waals surface area contributed by atoms with E-state index in [1.807, 2.05) is 42.5 Å². The number of ether oxygens (including phenoxy) is 5. The Hall–Kier alpha value is -3.89. The smallest absolute Gasteiger partial charge is 0.192 e. The van der Waals surface area contributed by atoms with E-state index >= 15 is 0 Å². The monoisotopic (exact) mass is 724 g/mol. The molecule has 0 aliphatic carbocycles. The average Bonchev–Trinajstić information content (AvgIpc) is 3.21. The van der Waals surface area contributed by atoms with Crippen molar-refractivity contribution in [2.75, 3.05) is 34.2 Å². The summed E-state index contributed by atoms with van der Waals surface area (Å²) in [5.41, 5.74) is 4.05. The molecule has 0 bridgehead atoms. The molecule has 4 rings (SSSR count). The molecular weight excluding hydrogens is 669 g/mol. The number of hydrogen-bond acceptors (Lipinski definition) is 7. The number of aldehydes is 1. The van der Waals surface area contributed by atoms with Gasteiger partial charge < -0.3 is 32.9 Å². The molecule has 4 aromatic carbocycles. The lowest BCUT2D eigenvalue weighted by atomic mass is 9.80. The lowest BCUT2D eigenvalue weighted by Gasteiger charge is -2.40. The highest BCUT2D eigenvalue weighted by Gasteiger charge is 2.41. The Kier molecular flexibility index (Phi) is 17.0. The van der Waals surface area contributed by atoms with Crippen LogP contribution in [0.15, 0.2) is 127 Å². The van der Waals surface area contributed by atoms with Crippen LogP contribution in [0.1, 0.15) is 55.9 Å². The van der Waals surface area contributed by atoms with Gasteiger partial charge in [0.05, 0.1) is 33.0 Å². The summed E-state index contributed by atoms with van der Waals surface area (Å²) < 4.78 is 38.1. The maximum absolute atomic E-state index is 11.6. The van der Waals surface area contributed by atoms with E-state index in [2.05, 4.69) is 99.6 Å². The molecule has 0 saturated heterocycles. The van der Waals surface area contributed by atoms with Gasteiger partial charge in [-0.3, -0.25) is 0 Å². The fourth-order valence-corrected chi connectivity index (χ4v) is 9.45. The fourth-order valence-electron chi connectivity index (χ4n) is 6.61. The third-order valence-corrected chi connectivity index (χ3v) is 14.4. The number of carbonyl (C=O) groups excluding carboxylic acids is 1. The molecule has 52 heavy (non-hydrogen) atoms. The predicted octanol–water partition coefficient (Wildman–Crippen LogP) is 9.51. The lowest BCUT2D eigenvalue weighted by Crippen LogP contribution is -2.48. The van der Waals surface area contributed by atoms with Crippen LogP contribution < -0.4 is 4.74 Å².